The molecule has 1 heterocycles. The highest BCUT2D eigenvalue weighted by Gasteiger charge is 2.39. The quantitative estimate of drug-likeness (QED) is 0.229. The van der Waals surface area contributed by atoms with Crippen LogP contribution >= 0.6 is 0 Å². The Morgan fingerprint density at radius 3 is 1.33 bits per heavy atom. The Morgan fingerprint density at radius 1 is 0.417 bits per heavy atom. The van der Waals surface area contributed by atoms with Gasteiger partial charge in [0, 0.05) is 11.8 Å². The Hall–Kier alpha value is -4.69. The third kappa shape index (κ3) is 3.73. The summed E-state index contributed by atoms with van der Waals surface area (Å²) in [4.78, 5) is 0. The summed E-state index contributed by atoms with van der Waals surface area (Å²) in [6, 6.07) is 53.1. The summed E-state index contributed by atoms with van der Waals surface area (Å²) in [5, 5.41) is 5.28. The third-order valence-corrected chi connectivity index (χ3v) is 6.80. The first kappa shape index (κ1) is 21.8. The first-order valence-corrected chi connectivity index (χ1v) is 12.2. The molecule has 0 spiro atoms. The zero-order chi connectivity index (χ0) is 24.2. The van der Waals surface area contributed by atoms with Gasteiger partial charge in [-0.3, -0.25) is 4.68 Å². The molecule has 6 aromatic rings. The van der Waals surface area contributed by atoms with Crippen LogP contribution in [0, 0.1) is 0 Å². The van der Waals surface area contributed by atoms with Crippen molar-refractivity contribution in [1.82, 2.24) is 9.78 Å². The SMILES string of the molecule is c1ccc(-c2ccccc2-c2ccn(C(c3ccccc3)(c3ccccc3)c3ccccc3)n2)cc1. The lowest BCUT2D eigenvalue weighted by Gasteiger charge is -2.36. The van der Waals surface area contributed by atoms with E-state index in [0.29, 0.717) is 0 Å². The zero-order valence-corrected chi connectivity index (χ0v) is 19.9. The van der Waals surface area contributed by atoms with Crippen molar-refractivity contribution in [3.05, 3.63) is 175 Å². The Labute approximate surface area is 212 Å². The lowest BCUT2D eigenvalue weighted by Crippen LogP contribution is -2.38. The summed E-state index contributed by atoms with van der Waals surface area (Å²) in [5.74, 6) is 0. The number of benzene rings is 5. The van der Waals surface area contributed by atoms with Crippen LogP contribution in [0.1, 0.15) is 16.7 Å². The smallest absolute Gasteiger partial charge is 0.138 e. The van der Waals surface area contributed by atoms with Crippen molar-refractivity contribution in [2.24, 2.45) is 0 Å². The van der Waals surface area contributed by atoms with Crippen LogP contribution in [0.25, 0.3) is 22.4 Å². The van der Waals surface area contributed by atoms with Gasteiger partial charge < -0.3 is 0 Å². The van der Waals surface area contributed by atoms with E-state index in [-0.39, 0.29) is 0 Å². The number of nitrogens with zero attached hydrogens (tertiary/aromatic N) is 2. The number of hydrogen-bond acceptors (Lipinski definition) is 1. The summed E-state index contributed by atoms with van der Waals surface area (Å²) in [7, 11) is 0. The second-order valence-corrected chi connectivity index (χ2v) is 8.87. The molecule has 0 aliphatic heterocycles. The molecule has 0 radical (unpaired) electrons. The van der Waals surface area contributed by atoms with Gasteiger partial charge in [-0.25, -0.2) is 0 Å². The molecule has 0 aliphatic carbocycles. The van der Waals surface area contributed by atoms with E-state index in [2.05, 4.69) is 163 Å². The Kier molecular flexibility index (Phi) is 5.77. The molecule has 172 valence electrons. The molecule has 0 saturated carbocycles. The maximum Gasteiger partial charge on any atom is 0.138 e. The maximum atomic E-state index is 5.28. The minimum absolute atomic E-state index is 0.621. The van der Waals surface area contributed by atoms with Gasteiger partial charge in [0.15, 0.2) is 0 Å². The predicted molar refractivity (Wildman–Crippen MR) is 148 cm³/mol. The van der Waals surface area contributed by atoms with E-state index in [1.807, 2.05) is 0 Å². The average molecular weight is 463 g/mol. The van der Waals surface area contributed by atoms with E-state index < -0.39 is 5.54 Å². The van der Waals surface area contributed by atoms with E-state index in [4.69, 9.17) is 5.10 Å². The van der Waals surface area contributed by atoms with Crippen LogP contribution in [0.3, 0.4) is 0 Å². The first-order chi connectivity index (χ1) is 17.9. The molecule has 0 amide bonds. The van der Waals surface area contributed by atoms with Gasteiger partial charge in [0.05, 0.1) is 5.69 Å². The topological polar surface area (TPSA) is 17.8 Å². The highest BCUT2D eigenvalue weighted by molar-refractivity contribution is 5.81. The lowest BCUT2D eigenvalue weighted by atomic mass is 9.77. The zero-order valence-electron chi connectivity index (χ0n) is 19.9. The van der Waals surface area contributed by atoms with Gasteiger partial charge in [-0.2, -0.15) is 5.10 Å². The summed E-state index contributed by atoms with van der Waals surface area (Å²) in [6.07, 6.45) is 2.12. The summed E-state index contributed by atoms with van der Waals surface area (Å²) >= 11 is 0. The van der Waals surface area contributed by atoms with E-state index >= 15 is 0 Å². The standard InChI is InChI=1S/C34H26N2/c1-5-15-27(16-6-1)31-23-13-14-24-32(31)33-25-26-36(35-33)34(28-17-7-2-8-18-28,29-19-9-3-10-20-29)30-21-11-4-12-22-30/h1-26H. The van der Waals surface area contributed by atoms with Crippen LogP contribution in [0.2, 0.25) is 0 Å². The van der Waals surface area contributed by atoms with Gasteiger partial charge in [-0.1, -0.05) is 146 Å². The predicted octanol–water partition coefficient (Wildman–Crippen LogP) is 8.06. The molecule has 0 atom stereocenters. The maximum absolute atomic E-state index is 5.28. The molecule has 36 heavy (non-hydrogen) atoms. The van der Waals surface area contributed by atoms with Gasteiger partial charge in [0.25, 0.3) is 0 Å². The molecule has 0 aliphatic rings. The third-order valence-electron chi connectivity index (χ3n) is 6.80. The van der Waals surface area contributed by atoms with Crippen molar-refractivity contribution in [2.75, 3.05) is 0 Å². The van der Waals surface area contributed by atoms with Gasteiger partial charge in [0.1, 0.15) is 5.54 Å². The molecular formula is C34H26N2. The molecule has 2 nitrogen and oxygen atoms in total. The molecule has 0 unspecified atom stereocenters. The molecule has 0 saturated heterocycles. The monoisotopic (exact) mass is 462 g/mol. The van der Waals surface area contributed by atoms with Crippen molar-refractivity contribution in [1.29, 1.82) is 0 Å². The Bertz CT molecular complexity index is 1460. The molecule has 5 aromatic carbocycles. The van der Waals surface area contributed by atoms with Crippen molar-refractivity contribution < 1.29 is 0 Å². The molecule has 0 N–H and O–H groups in total. The van der Waals surface area contributed by atoms with Crippen molar-refractivity contribution in [3.8, 4) is 22.4 Å². The molecule has 1 aromatic heterocycles. The van der Waals surface area contributed by atoms with Crippen LogP contribution in [0.4, 0.5) is 0 Å². The summed E-state index contributed by atoms with van der Waals surface area (Å²) < 4.78 is 2.13. The normalized spacial score (nSPS) is 11.3. The fourth-order valence-electron chi connectivity index (χ4n) is 5.17. The van der Waals surface area contributed by atoms with Gasteiger partial charge >= 0.3 is 0 Å². The number of rotatable bonds is 6. The van der Waals surface area contributed by atoms with Crippen LogP contribution in [0.5, 0.6) is 0 Å². The largest absolute Gasteiger partial charge is 0.253 e. The van der Waals surface area contributed by atoms with Crippen LogP contribution < -0.4 is 0 Å². The summed E-state index contributed by atoms with van der Waals surface area (Å²) in [5.41, 5.74) is 7.28. The minimum atomic E-state index is -0.621. The van der Waals surface area contributed by atoms with Gasteiger partial charge in [-0.15, -0.1) is 0 Å². The van der Waals surface area contributed by atoms with E-state index in [0.717, 1.165) is 27.9 Å². The van der Waals surface area contributed by atoms with Crippen LogP contribution in [0.15, 0.2) is 158 Å². The van der Waals surface area contributed by atoms with Crippen molar-refractivity contribution in [2.45, 2.75) is 5.54 Å². The average Bonchev–Trinajstić information content (AvgIpc) is 3.46. The second-order valence-electron chi connectivity index (χ2n) is 8.87. The number of hydrogen-bond donors (Lipinski definition) is 0. The second kappa shape index (κ2) is 9.52. The van der Waals surface area contributed by atoms with Gasteiger partial charge in [0.2, 0.25) is 0 Å². The molecule has 0 bridgehead atoms. The fourth-order valence-corrected chi connectivity index (χ4v) is 5.17. The van der Waals surface area contributed by atoms with E-state index in [9.17, 15) is 0 Å². The molecule has 2 heteroatoms. The highest BCUT2D eigenvalue weighted by atomic mass is 15.3. The van der Waals surface area contributed by atoms with E-state index in [1.165, 1.54) is 11.1 Å². The minimum Gasteiger partial charge on any atom is -0.253 e. The molecule has 0 fully saturated rings. The first-order valence-electron chi connectivity index (χ1n) is 12.2. The highest BCUT2D eigenvalue weighted by Crippen LogP contribution is 2.41. The fraction of sp³-hybridized carbons (Fsp3) is 0.0294. The van der Waals surface area contributed by atoms with Crippen molar-refractivity contribution in [3.63, 3.8) is 0 Å². The Balaban J connectivity index is 1.61. The van der Waals surface area contributed by atoms with Crippen LogP contribution in [-0.2, 0) is 5.54 Å². The van der Waals surface area contributed by atoms with Crippen LogP contribution in [-0.4, -0.2) is 9.78 Å². The Morgan fingerprint density at radius 2 is 0.833 bits per heavy atom. The van der Waals surface area contributed by atoms with Crippen molar-refractivity contribution >= 4 is 0 Å². The molecular weight excluding hydrogens is 436 g/mol. The summed E-state index contributed by atoms with van der Waals surface area (Å²) in [6.45, 7) is 0. The lowest BCUT2D eigenvalue weighted by molar-refractivity contribution is 0.461. The molecule has 6 rings (SSSR count). The van der Waals surface area contributed by atoms with Gasteiger partial charge in [-0.05, 0) is 33.9 Å². The number of aromatic nitrogens is 2. The van der Waals surface area contributed by atoms with E-state index in [1.54, 1.807) is 0 Å².